The molecule has 2 heterocycles. The summed E-state index contributed by atoms with van der Waals surface area (Å²) in [5, 5.41) is 0. The summed E-state index contributed by atoms with van der Waals surface area (Å²) < 4.78 is 0. The smallest absolute Gasteiger partial charge is 0.228 e. The number of H-pyrrole nitrogens is 2. The van der Waals surface area contributed by atoms with E-state index in [1.54, 1.807) is 11.9 Å². The van der Waals surface area contributed by atoms with Crippen LogP contribution in [0, 0.1) is 16.2 Å². The van der Waals surface area contributed by atoms with Crippen LogP contribution in [0.15, 0.2) is 60.9 Å². The summed E-state index contributed by atoms with van der Waals surface area (Å²) in [4.78, 5) is 44.4. The van der Waals surface area contributed by atoms with E-state index in [0.717, 1.165) is 51.7 Å². The maximum Gasteiger partial charge on any atom is 0.228 e. The molecule has 8 heteroatoms. The van der Waals surface area contributed by atoms with E-state index < -0.39 is 5.41 Å². The van der Waals surface area contributed by atoms with Crippen molar-refractivity contribution in [3.8, 4) is 33.6 Å². The topological polar surface area (TPSA) is 98.0 Å². The summed E-state index contributed by atoms with van der Waals surface area (Å²) in [6.45, 7) is 18.5. The lowest BCUT2D eigenvalue weighted by Gasteiger charge is -2.39. The summed E-state index contributed by atoms with van der Waals surface area (Å²) >= 11 is 0. The highest BCUT2D eigenvalue weighted by Gasteiger charge is 2.38. The van der Waals surface area contributed by atoms with E-state index in [2.05, 4.69) is 105 Å². The molecule has 2 aromatic carbocycles. The van der Waals surface area contributed by atoms with E-state index >= 15 is 0 Å². The van der Waals surface area contributed by atoms with Crippen molar-refractivity contribution >= 4 is 12.3 Å². The van der Waals surface area contributed by atoms with Gasteiger partial charge in [0, 0.05) is 19.5 Å². The number of aromatic amines is 2. The number of amides is 2. The third-order valence-electron chi connectivity index (χ3n) is 8.00. The van der Waals surface area contributed by atoms with Gasteiger partial charge < -0.3 is 19.8 Å². The van der Waals surface area contributed by atoms with Crippen LogP contribution in [0.2, 0.25) is 0 Å². The van der Waals surface area contributed by atoms with Crippen LogP contribution in [0.5, 0.6) is 0 Å². The molecule has 2 unspecified atom stereocenters. The Balaban J connectivity index is 1.53. The molecule has 2 atom stereocenters. The van der Waals surface area contributed by atoms with Crippen molar-refractivity contribution in [1.82, 2.24) is 29.7 Å². The molecule has 234 valence electrons. The number of hydrogen-bond donors (Lipinski definition) is 2. The lowest BCUT2D eigenvalue weighted by atomic mass is 9.83. The summed E-state index contributed by atoms with van der Waals surface area (Å²) in [6, 6.07) is 16.4. The number of benzene rings is 2. The zero-order valence-corrected chi connectivity index (χ0v) is 28.1. The molecule has 0 bridgehead atoms. The lowest BCUT2D eigenvalue weighted by Crippen LogP contribution is -2.44. The first-order valence-electron chi connectivity index (χ1n) is 15.2. The second kappa shape index (κ2) is 12.1. The highest BCUT2D eigenvalue weighted by atomic mass is 16.2. The Kier molecular flexibility index (Phi) is 8.97. The molecule has 2 amide bonds. The Labute approximate surface area is 262 Å². The highest BCUT2D eigenvalue weighted by molar-refractivity contribution is 5.81. The van der Waals surface area contributed by atoms with Crippen LogP contribution >= 0.6 is 0 Å². The number of nitrogens with one attached hydrogen (secondary N) is 2. The van der Waals surface area contributed by atoms with Crippen molar-refractivity contribution in [2.75, 3.05) is 14.1 Å². The molecule has 2 aromatic heterocycles. The van der Waals surface area contributed by atoms with Gasteiger partial charge in [-0.15, -0.1) is 0 Å². The number of hydrogen-bond acceptors (Lipinski definition) is 4. The molecule has 44 heavy (non-hydrogen) atoms. The molecule has 0 aliphatic carbocycles. The predicted octanol–water partition coefficient (Wildman–Crippen LogP) is 7.90. The highest BCUT2D eigenvalue weighted by Crippen LogP contribution is 2.39. The fraction of sp³-hybridized carbons (Fsp3) is 0.444. The third kappa shape index (κ3) is 6.95. The normalized spacial score (nSPS) is 13.8. The van der Waals surface area contributed by atoms with Crippen molar-refractivity contribution in [2.24, 2.45) is 16.2 Å². The van der Waals surface area contributed by atoms with Gasteiger partial charge in [0.05, 0.1) is 35.9 Å². The minimum atomic E-state index is -0.480. The summed E-state index contributed by atoms with van der Waals surface area (Å²) in [5.74, 6) is 1.63. The molecular weight excluding hydrogens is 548 g/mol. The number of nitrogens with zero attached hydrogens (tertiary/aromatic N) is 4. The predicted molar refractivity (Wildman–Crippen MR) is 177 cm³/mol. The molecular formula is C36H48N6O2. The molecule has 4 aromatic rings. The SMILES string of the molecule is CN(C=O)C(c1ncc(-c2ccc(-c3ccc(-c4cnc(C(N(C)C(=O)C(C)(C)C)C(C)(C)C)[nH]4)cc3)cc2)[nH]1)C(C)(C)C. The van der Waals surface area contributed by atoms with E-state index in [9.17, 15) is 9.59 Å². The molecule has 0 saturated carbocycles. The van der Waals surface area contributed by atoms with Crippen molar-refractivity contribution in [2.45, 2.75) is 74.4 Å². The Morgan fingerprint density at radius 2 is 1.02 bits per heavy atom. The van der Waals surface area contributed by atoms with Crippen LogP contribution in [0.3, 0.4) is 0 Å². The van der Waals surface area contributed by atoms with Crippen LogP contribution in [0.25, 0.3) is 33.6 Å². The largest absolute Gasteiger partial charge is 0.340 e. The molecule has 0 aliphatic heterocycles. The molecule has 2 N–H and O–H groups in total. The molecule has 0 saturated heterocycles. The number of aromatic nitrogens is 4. The summed E-state index contributed by atoms with van der Waals surface area (Å²) in [7, 11) is 3.65. The monoisotopic (exact) mass is 596 g/mol. The van der Waals surface area contributed by atoms with E-state index in [1.807, 2.05) is 45.1 Å². The molecule has 8 nitrogen and oxygen atoms in total. The first-order chi connectivity index (χ1) is 20.4. The molecule has 4 rings (SSSR count). The van der Waals surface area contributed by atoms with Gasteiger partial charge in [0.15, 0.2) is 0 Å². The van der Waals surface area contributed by atoms with Gasteiger partial charge in [0.1, 0.15) is 11.6 Å². The minimum Gasteiger partial charge on any atom is -0.340 e. The quantitative estimate of drug-likeness (QED) is 0.202. The Bertz CT molecular complexity index is 1580. The van der Waals surface area contributed by atoms with Gasteiger partial charge in [-0.05, 0) is 33.1 Å². The van der Waals surface area contributed by atoms with E-state index in [1.165, 1.54) is 0 Å². The maximum absolute atomic E-state index is 13.1. The lowest BCUT2D eigenvalue weighted by molar-refractivity contribution is -0.143. The van der Waals surface area contributed by atoms with Gasteiger partial charge in [0.2, 0.25) is 12.3 Å². The molecule has 0 radical (unpaired) electrons. The van der Waals surface area contributed by atoms with Crippen LogP contribution in [-0.4, -0.2) is 56.1 Å². The first kappa shape index (κ1) is 32.7. The van der Waals surface area contributed by atoms with Crippen molar-refractivity contribution in [3.05, 3.63) is 72.6 Å². The Morgan fingerprint density at radius 3 is 1.36 bits per heavy atom. The van der Waals surface area contributed by atoms with Crippen LogP contribution in [0.4, 0.5) is 0 Å². The van der Waals surface area contributed by atoms with Crippen LogP contribution in [-0.2, 0) is 9.59 Å². The van der Waals surface area contributed by atoms with E-state index in [-0.39, 0.29) is 28.8 Å². The van der Waals surface area contributed by atoms with E-state index in [0.29, 0.717) is 0 Å². The number of rotatable bonds is 8. The summed E-state index contributed by atoms with van der Waals surface area (Å²) in [6.07, 6.45) is 4.53. The van der Waals surface area contributed by atoms with E-state index in [4.69, 9.17) is 4.98 Å². The molecule has 0 fully saturated rings. The Hall–Kier alpha value is -4.20. The van der Waals surface area contributed by atoms with Gasteiger partial charge in [-0.25, -0.2) is 9.97 Å². The molecule has 0 spiro atoms. The average molecular weight is 597 g/mol. The first-order valence-corrected chi connectivity index (χ1v) is 15.2. The number of imidazole rings is 2. The second-order valence-corrected chi connectivity index (χ2v) is 15.0. The van der Waals surface area contributed by atoms with Gasteiger partial charge >= 0.3 is 0 Å². The number of carbonyl (C=O) groups is 2. The van der Waals surface area contributed by atoms with Gasteiger partial charge in [-0.2, -0.15) is 0 Å². The molecule has 0 aliphatic rings. The van der Waals surface area contributed by atoms with Crippen LogP contribution < -0.4 is 0 Å². The van der Waals surface area contributed by atoms with Crippen LogP contribution in [0.1, 0.15) is 86.0 Å². The minimum absolute atomic E-state index is 0.0818. The van der Waals surface area contributed by atoms with Crippen molar-refractivity contribution in [1.29, 1.82) is 0 Å². The van der Waals surface area contributed by atoms with Gasteiger partial charge in [-0.3, -0.25) is 9.59 Å². The standard InChI is InChI=1S/C36H48N6O2/c1-34(2,3)29(41(10)22-43)31-37-20-27(39-31)25-16-12-23(13-17-25)24-14-18-26(19-15-24)28-21-38-32(40-28)30(35(4,5)6)42(11)33(44)36(7,8)9/h12-22,29-30H,1-11H3,(H,37,39)(H,38,40). The fourth-order valence-electron chi connectivity index (χ4n) is 6.02. The third-order valence-corrected chi connectivity index (χ3v) is 8.00. The van der Waals surface area contributed by atoms with Gasteiger partial charge in [0.25, 0.3) is 0 Å². The zero-order chi connectivity index (χ0) is 32.6. The van der Waals surface area contributed by atoms with Crippen molar-refractivity contribution < 1.29 is 9.59 Å². The Morgan fingerprint density at radius 1 is 0.659 bits per heavy atom. The number of carbonyl (C=O) groups excluding carboxylic acids is 2. The van der Waals surface area contributed by atoms with Crippen molar-refractivity contribution in [3.63, 3.8) is 0 Å². The fourth-order valence-corrected chi connectivity index (χ4v) is 6.02. The summed E-state index contributed by atoms with van der Waals surface area (Å²) in [5.41, 5.74) is 5.23. The van der Waals surface area contributed by atoms with Gasteiger partial charge in [-0.1, -0.05) is 111 Å². The average Bonchev–Trinajstić information content (AvgIpc) is 3.61. The maximum atomic E-state index is 13.1. The second-order valence-electron chi connectivity index (χ2n) is 15.0. The zero-order valence-electron chi connectivity index (χ0n) is 28.1.